The van der Waals surface area contributed by atoms with Gasteiger partial charge in [0.15, 0.2) is 0 Å². The molecular weight excluding hydrogens is 300 g/mol. The van der Waals surface area contributed by atoms with Gasteiger partial charge in [0.25, 0.3) is 0 Å². The second kappa shape index (κ2) is 6.79. The Hall–Kier alpha value is -2.75. The molecule has 1 heterocycles. The van der Waals surface area contributed by atoms with Gasteiger partial charge in [-0.1, -0.05) is 49.4 Å². The number of piperidine rings is 1. The third-order valence-electron chi connectivity index (χ3n) is 4.65. The molecule has 4 heteroatoms. The van der Waals surface area contributed by atoms with E-state index in [0.29, 0.717) is 19.3 Å². The van der Waals surface area contributed by atoms with Crippen molar-refractivity contribution in [3.05, 3.63) is 65.7 Å². The molecule has 1 N–H and O–H groups in total. The average Bonchev–Trinajstić information content (AvgIpc) is 2.62. The number of nitrogens with zero attached hydrogens (tertiary/aromatic N) is 1. The molecule has 0 saturated carbocycles. The molecule has 0 spiro atoms. The monoisotopic (exact) mass is 320 g/mol. The quantitative estimate of drug-likeness (QED) is 0.692. The second-order valence-corrected chi connectivity index (χ2v) is 6.03. The van der Waals surface area contributed by atoms with Crippen molar-refractivity contribution in [2.45, 2.75) is 31.6 Å². The number of carbonyl (C=O) groups excluding carboxylic acids is 2. The molecule has 1 fully saturated rings. The van der Waals surface area contributed by atoms with Crippen molar-refractivity contribution in [3.8, 4) is 0 Å². The molecule has 1 aliphatic rings. The summed E-state index contributed by atoms with van der Waals surface area (Å²) in [7, 11) is 0. The van der Waals surface area contributed by atoms with Crippen LogP contribution < -0.4 is 5.32 Å². The second-order valence-electron chi connectivity index (χ2n) is 6.03. The number of nitrogens with one attached hydrogen (secondary N) is 1. The van der Waals surface area contributed by atoms with Gasteiger partial charge in [0, 0.05) is 12.6 Å². The molecule has 1 saturated heterocycles. The van der Waals surface area contributed by atoms with Crippen molar-refractivity contribution in [1.82, 2.24) is 5.32 Å². The van der Waals surface area contributed by atoms with Crippen LogP contribution in [0.15, 0.2) is 59.6 Å². The fraction of sp³-hybridized carbons (Fsp3) is 0.250. The minimum absolute atomic E-state index is 0.187. The molecule has 4 nitrogen and oxygen atoms in total. The maximum Gasteiger partial charge on any atom is 0.237 e. The van der Waals surface area contributed by atoms with E-state index in [1.165, 1.54) is 0 Å². The highest BCUT2D eigenvalue weighted by Crippen LogP contribution is 2.36. The molecular formula is C20H20N2O2. The minimum atomic E-state index is -0.615. The Morgan fingerprint density at radius 3 is 2.42 bits per heavy atom. The van der Waals surface area contributed by atoms with Crippen molar-refractivity contribution in [3.63, 3.8) is 0 Å². The van der Waals surface area contributed by atoms with E-state index in [1.54, 1.807) is 0 Å². The lowest BCUT2D eigenvalue weighted by Crippen LogP contribution is -2.51. The van der Waals surface area contributed by atoms with E-state index in [-0.39, 0.29) is 11.8 Å². The van der Waals surface area contributed by atoms with Gasteiger partial charge in [-0.3, -0.25) is 19.9 Å². The van der Waals surface area contributed by atoms with Gasteiger partial charge >= 0.3 is 0 Å². The Balaban J connectivity index is 1.82. The molecule has 2 aromatic carbocycles. The van der Waals surface area contributed by atoms with Crippen LogP contribution in [-0.4, -0.2) is 18.0 Å². The van der Waals surface area contributed by atoms with Crippen LogP contribution in [0.2, 0.25) is 0 Å². The lowest BCUT2D eigenvalue weighted by Gasteiger charge is -2.34. The Bertz CT molecular complexity index is 766. The SMILES string of the molecule is CCC1(c2ccc(N=Cc3ccccc3)cc2)CCC(=O)NC1=O. The Morgan fingerprint density at radius 1 is 1.08 bits per heavy atom. The van der Waals surface area contributed by atoms with E-state index in [1.807, 2.05) is 67.7 Å². The van der Waals surface area contributed by atoms with Crippen LogP contribution >= 0.6 is 0 Å². The van der Waals surface area contributed by atoms with Gasteiger partial charge < -0.3 is 0 Å². The first-order valence-corrected chi connectivity index (χ1v) is 8.18. The number of benzene rings is 2. The van der Waals surface area contributed by atoms with Crippen LogP contribution in [0.3, 0.4) is 0 Å². The maximum atomic E-state index is 12.4. The van der Waals surface area contributed by atoms with Crippen LogP contribution in [0, 0.1) is 0 Å². The standard InChI is InChI=1S/C20H20N2O2/c1-2-20(13-12-18(23)22-19(20)24)16-8-10-17(11-9-16)21-14-15-6-4-3-5-7-15/h3-11,14H,2,12-13H2,1H3,(H,22,23,24). The van der Waals surface area contributed by atoms with Crippen molar-refractivity contribution < 1.29 is 9.59 Å². The molecule has 0 radical (unpaired) electrons. The van der Waals surface area contributed by atoms with E-state index in [4.69, 9.17) is 0 Å². The Labute approximate surface area is 141 Å². The molecule has 0 aromatic heterocycles. The maximum absolute atomic E-state index is 12.4. The predicted molar refractivity (Wildman–Crippen MR) is 94.5 cm³/mol. The normalized spacial score (nSPS) is 21.0. The van der Waals surface area contributed by atoms with Crippen LogP contribution in [0.1, 0.15) is 37.3 Å². The van der Waals surface area contributed by atoms with Gasteiger partial charge in [-0.2, -0.15) is 0 Å². The summed E-state index contributed by atoms with van der Waals surface area (Å²) in [4.78, 5) is 28.3. The number of imide groups is 1. The van der Waals surface area contributed by atoms with Crippen molar-refractivity contribution in [2.75, 3.05) is 0 Å². The molecule has 2 aromatic rings. The van der Waals surface area contributed by atoms with Crippen molar-refractivity contribution in [2.24, 2.45) is 4.99 Å². The van der Waals surface area contributed by atoms with Gasteiger partial charge in [0.2, 0.25) is 11.8 Å². The summed E-state index contributed by atoms with van der Waals surface area (Å²) in [5.74, 6) is -0.380. The largest absolute Gasteiger partial charge is 0.296 e. The summed E-state index contributed by atoms with van der Waals surface area (Å²) < 4.78 is 0. The molecule has 1 aliphatic heterocycles. The molecule has 122 valence electrons. The van der Waals surface area contributed by atoms with Gasteiger partial charge in [0.1, 0.15) is 0 Å². The Kier molecular flexibility index (Phi) is 4.56. The fourth-order valence-corrected chi connectivity index (χ4v) is 3.12. The Morgan fingerprint density at radius 2 is 1.79 bits per heavy atom. The summed E-state index contributed by atoms with van der Waals surface area (Å²) in [5, 5.41) is 2.47. The highest BCUT2D eigenvalue weighted by molar-refractivity contribution is 6.03. The zero-order valence-corrected chi connectivity index (χ0v) is 13.7. The summed E-state index contributed by atoms with van der Waals surface area (Å²) in [5.41, 5.74) is 2.20. The summed E-state index contributed by atoms with van der Waals surface area (Å²) in [6, 6.07) is 17.6. The molecule has 1 atom stereocenters. The van der Waals surface area contributed by atoms with Crippen LogP contribution in [0.25, 0.3) is 0 Å². The number of carbonyl (C=O) groups is 2. The molecule has 2 amide bonds. The topological polar surface area (TPSA) is 58.5 Å². The van der Waals surface area contributed by atoms with Gasteiger partial charge in [0.05, 0.1) is 11.1 Å². The van der Waals surface area contributed by atoms with Crippen molar-refractivity contribution >= 4 is 23.7 Å². The summed E-state index contributed by atoms with van der Waals surface area (Å²) >= 11 is 0. The average molecular weight is 320 g/mol. The first-order valence-electron chi connectivity index (χ1n) is 8.18. The lowest BCUT2D eigenvalue weighted by atomic mass is 9.72. The zero-order valence-electron chi connectivity index (χ0n) is 13.7. The van der Waals surface area contributed by atoms with E-state index >= 15 is 0 Å². The summed E-state index contributed by atoms with van der Waals surface area (Å²) in [6.45, 7) is 1.98. The van der Waals surface area contributed by atoms with Crippen LogP contribution in [-0.2, 0) is 15.0 Å². The predicted octanol–water partition coefficient (Wildman–Crippen LogP) is 3.52. The van der Waals surface area contributed by atoms with Crippen molar-refractivity contribution in [1.29, 1.82) is 0 Å². The smallest absolute Gasteiger partial charge is 0.237 e. The van der Waals surface area contributed by atoms with E-state index in [0.717, 1.165) is 16.8 Å². The molecule has 0 aliphatic carbocycles. The number of amides is 2. The van der Waals surface area contributed by atoms with E-state index < -0.39 is 5.41 Å². The van der Waals surface area contributed by atoms with Gasteiger partial charge in [-0.25, -0.2) is 0 Å². The van der Waals surface area contributed by atoms with Gasteiger partial charge in [-0.15, -0.1) is 0 Å². The molecule has 24 heavy (non-hydrogen) atoms. The zero-order chi connectivity index (χ0) is 17.0. The highest BCUT2D eigenvalue weighted by Gasteiger charge is 2.42. The number of hydrogen-bond acceptors (Lipinski definition) is 3. The fourth-order valence-electron chi connectivity index (χ4n) is 3.12. The van der Waals surface area contributed by atoms with Gasteiger partial charge in [-0.05, 0) is 36.1 Å². The number of rotatable bonds is 4. The highest BCUT2D eigenvalue weighted by atomic mass is 16.2. The van der Waals surface area contributed by atoms with E-state index in [9.17, 15) is 9.59 Å². The summed E-state index contributed by atoms with van der Waals surface area (Å²) in [6.07, 6.45) is 3.42. The van der Waals surface area contributed by atoms with Crippen LogP contribution in [0.4, 0.5) is 5.69 Å². The minimum Gasteiger partial charge on any atom is -0.296 e. The molecule has 3 rings (SSSR count). The first kappa shape index (κ1) is 16.1. The van der Waals surface area contributed by atoms with Crippen LogP contribution in [0.5, 0.6) is 0 Å². The number of aliphatic imine (C=N–C) groups is 1. The lowest BCUT2D eigenvalue weighted by molar-refractivity contribution is -0.138. The molecule has 0 bridgehead atoms. The number of hydrogen-bond donors (Lipinski definition) is 1. The third-order valence-corrected chi connectivity index (χ3v) is 4.65. The molecule has 1 unspecified atom stereocenters. The first-order chi connectivity index (χ1) is 11.6. The van der Waals surface area contributed by atoms with E-state index in [2.05, 4.69) is 10.3 Å². The third kappa shape index (κ3) is 3.13.